The maximum atomic E-state index is 11.9. The van der Waals surface area contributed by atoms with Gasteiger partial charge >= 0.3 is 0 Å². The van der Waals surface area contributed by atoms with E-state index in [0.717, 1.165) is 11.1 Å². The number of aliphatic imine (C=N–C) groups is 1. The molecule has 0 aliphatic heterocycles. The van der Waals surface area contributed by atoms with Crippen LogP contribution in [0, 0.1) is 0 Å². The third-order valence-corrected chi connectivity index (χ3v) is 3.88. The van der Waals surface area contributed by atoms with E-state index >= 15 is 0 Å². The Labute approximate surface area is 159 Å². The lowest BCUT2D eigenvalue weighted by molar-refractivity contribution is 0.0955. The quantitative estimate of drug-likeness (QED) is 0.488. The summed E-state index contributed by atoms with van der Waals surface area (Å²) < 4.78 is 10.5. The predicted molar refractivity (Wildman–Crippen MR) is 106 cm³/mol. The van der Waals surface area contributed by atoms with Crippen LogP contribution in [-0.4, -0.2) is 32.6 Å². The molecule has 0 heterocycles. The topological polar surface area (TPSA) is 98.0 Å². The van der Waals surface area contributed by atoms with Crippen molar-refractivity contribution >= 4 is 11.9 Å². The Balaban J connectivity index is 1.95. The molecule has 0 fully saturated rings. The van der Waals surface area contributed by atoms with Gasteiger partial charge in [-0.25, -0.2) is 4.99 Å². The number of carbonyl (C=O) groups is 1. The van der Waals surface area contributed by atoms with Crippen molar-refractivity contribution in [3.63, 3.8) is 0 Å². The Bertz CT molecular complexity index is 806. The highest BCUT2D eigenvalue weighted by atomic mass is 16.5. The molecule has 0 spiro atoms. The number of benzene rings is 2. The lowest BCUT2D eigenvalue weighted by atomic mass is 10.1. The average molecular weight is 370 g/mol. The molecule has 0 atom stereocenters. The minimum atomic E-state index is -0.0946. The Hall–Kier alpha value is -3.22. The van der Waals surface area contributed by atoms with Crippen molar-refractivity contribution in [3.05, 3.63) is 59.2 Å². The predicted octanol–water partition coefficient (Wildman–Crippen LogP) is 2.06. The first-order chi connectivity index (χ1) is 13.1. The fraction of sp³-hybridized carbons (Fsp3) is 0.300. The lowest BCUT2D eigenvalue weighted by Gasteiger charge is -2.10. The summed E-state index contributed by atoms with van der Waals surface area (Å²) in [5.41, 5.74) is 8.46. The molecule has 0 aliphatic rings. The van der Waals surface area contributed by atoms with E-state index in [1.165, 1.54) is 0 Å². The summed E-state index contributed by atoms with van der Waals surface area (Å²) in [4.78, 5) is 16.2. The number of hydrogen-bond donors (Lipinski definition) is 3. The zero-order chi connectivity index (χ0) is 19.6. The number of guanidine groups is 1. The molecular formula is C20H26N4O3. The summed E-state index contributed by atoms with van der Waals surface area (Å²) in [6, 6.07) is 13.0. The lowest BCUT2D eigenvalue weighted by Crippen LogP contribution is -2.31. The van der Waals surface area contributed by atoms with Crippen LogP contribution >= 0.6 is 0 Å². The molecule has 0 saturated heterocycles. The van der Waals surface area contributed by atoms with Crippen LogP contribution in [0.5, 0.6) is 11.5 Å². The number of carbonyl (C=O) groups excluding carboxylic acids is 1. The summed E-state index contributed by atoms with van der Waals surface area (Å²) in [6.45, 7) is 3.37. The highest BCUT2D eigenvalue weighted by molar-refractivity contribution is 5.94. The standard InChI is InChI=1S/C20H26N4O3/c1-4-22-19(25)16-7-5-6-14(10-16)12-23-20(21)24-13-15-8-9-17(26-2)18(11-15)27-3/h5-11H,4,12-13H2,1-3H3,(H,22,25)(H3,21,23,24). The maximum Gasteiger partial charge on any atom is 0.251 e. The number of amides is 1. The van der Waals surface area contributed by atoms with Crippen LogP contribution in [0.4, 0.5) is 0 Å². The van der Waals surface area contributed by atoms with Gasteiger partial charge in [-0.15, -0.1) is 0 Å². The zero-order valence-corrected chi connectivity index (χ0v) is 15.9. The number of nitrogens with two attached hydrogens (primary N) is 1. The first-order valence-electron chi connectivity index (χ1n) is 8.69. The molecular weight excluding hydrogens is 344 g/mol. The van der Waals surface area contributed by atoms with E-state index in [1.54, 1.807) is 20.3 Å². The molecule has 7 heteroatoms. The van der Waals surface area contributed by atoms with Crippen LogP contribution in [0.2, 0.25) is 0 Å². The second-order valence-electron chi connectivity index (χ2n) is 5.80. The van der Waals surface area contributed by atoms with E-state index in [0.29, 0.717) is 42.7 Å². The number of ether oxygens (including phenoxy) is 2. The van der Waals surface area contributed by atoms with Crippen LogP contribution in [0.25, 0.3) is 0 Å². The molecule has 0 saturated carbocycles. The van der Waals surface area contributed by atoms with E-state index in [-0.39, 0.29) is 5.91 Å². The van der Waals surface area contributed by atoms with Crippen molar-refractivity contribution in [1.82, 2.24) is 10.6 Å². The third-order valence-electron chi connectivity index (χ3n) is 3.88. The largest absolute Gasteiger partial charge is 0.493 e. The molecule has 7 nitrogen and oxygen atoms in total. The van der Waals surface area contributed by atoms with Crippen molar-refractivity contribution in [3.8, 4) is 11.5 Å². The van der Waals surface area contributed by atoms with Crippen LogP contribution in [0.1, 0.15) is 28.4 Å². The minimum Gasteiger partial charge on any atom is -0.493 e. The van der Waals surface area contributed by atoms with Crippen LogP contribution in [0.15, 0.2) is 47.5 Å². The minimum absolute atomic E-state index is 0.0946. The fourth-order valence-electron chi connectivity index (χ4n) is 2.49. The summed E-state index contributed by atoms with van der Waals surface area (Å²) in [5, 5.41) is 5.85. The smallest absolute Gasteiger partial charge is 0.251 e. The number of hydrogen-bond acceptors (Lipinski definition) is 4. The van der Waals surface area contributed by atoms with Gasteiger partial charge in [-0.1, -0.05) is 18.2 Å². The van der Waals surface area contributed by atoms with Crippen LogP contribution < -0.4 is 25.8 Å². The molecule has 2 aromatic rings. The highest BCUT2D eigenvalue weighted by Crippen LogP contribution is 2.27. The summed E-state index contributed by atoms with van der Waals surface area (Å²) in [6.07, 6.45) is 0. The average Bonchev–Trinajstić information content (AvgIpc) is 2.70. The monoisotopic (exact) mass is 370 g/mol. The molecule has 0 unspecified atom stereocenters. The van der Waals surface area contributed by atoms with Gasteiger partial charge in [0.2, 0.25) is 0 Å². The first-order valence-corrected chi connectivity index (χ1v) is 8.69. The molecule has 27 heavy (non-hydrogen) atoms. The molecule has 2 aromatic carbocycles. The first kappa shape index (κ1) is 20.1. The highest BCUT2D eigenvalue weighted by Gasteiger charge is 2.06. The molecule has 2 rings (SSSR count). The molecule has 0 bridgehead atoms. The van der Waals surface area contributed by atoms with Gasteiger partial charge in [-0.05, 0) is 42.3 Å². The van der Waals surface area contributed by atoms with Crippen molar-refractivity contribution in [2.45, 2.75) is 20.0 Å². The molecule has 1 amide bonds. The second kappa shape index (κ2) is 10.1. The number of methoxy groups -OCH3 is 2. The Kier molecular flexibility index (Phi) is 7.49. The van der Waals surface area contributed by atoms with Gasteiger partial charge in [0.05, 0.1) is 20.8 Å². The number of rotatable bonds is 8. The third kappa shape index (κ3) is 5.91. The molecule has 0 aliphatic carbocycles. The van der Waals surface area contributed by atoms with Gasteiger partial charge in [-0.2, -0.15) is 0 Å². The van der Waals surface area contributed by atoms with E-state index in [2.05, 4.69) is 15.6 Å². The van der Waals surface area contributed by atoms with Gasteiger partial charge in [0.1, 0.15) is 0 Å². The zero-order valence-electron chi connectivity index (χ0n) is 15.9. The Morgan fingerprint density at radius 2 is 1.81 bits per heavy atom. The number of nitrogens with one attached hydrogen (secondary N) is 2. The van der Waals surface area contributed by atoms with Gasteiger partial charge in [0.25, 0.3) is 5.91 Å². The van der Waals surface area contributed by atoms with Gasteiger partial charge in [-0.3, -0.25) is 4.79 Å². The van der Waals surface area contributed by atoms with E-state index in [1.807, 2.05) is 43.3 Å². The van der Waals surface area contributed by atoms with Crippen molar-refractivity contribution in [2.24, 2.45) is 10.7 Å². The van der Waals surface area contributed by atoms with Crippen LogP contribution in [0.3, 0.4) is 0 Å². The van der Waals surface area contributed by atoms with Gasteiger partial charge in [0, 0.05) is 18.7 Å². The van der Waals surface area contributed by atoms with E-state index < -0.39 is 0 Å². The summed E-state index contributed by atoms with van der Waals surface area (Å²) >= 11 is 0. The SMILES string of the molecule is CCNC(=O)c1cccc(CN=C(N)NCc2ccc(OC)c(OC)c2)c1. The molecule has 0 aromatic heterocycles. The van der Waals surface area contributed by atoms with E-state index in [4.69, 9.17) is 15.2 Å². The Morgan fingerprint density at radius 3 is 2.52 bits per heavy atom. The molecule has 0 radical (unpaired) electrons. The second-order valence-corrected chi connectivity index (χ2v) is 5.80. The normalized spacial score (nSPS) is 11.0. The van der Waals surface area contributed by atoms with Gasteiger partial charge in [0.15, 0.2) is 17.5 Å². The maximum absolute atomic E-state index is 11.9. The summed E-state index contributed by atoms with van der Waals surface area (Å²) in [5.74, 6) is 1.57. The fourth-order valence-corrected chi connectivity index (χ4v) is 2.49. The molecule has 4 N–H and O–H groups in total. The van der Waals surface area contributed by atoms with Crippen molar-refractivity contribution in [2.75, 3.05) is 20.8 Å². The summed E-state index contributed by atoms with van der Waals surface area (Å²) in [7, 11) is 3.20. The van der Waals surface area contributed by atoms with Crippen LogP contribution in [-0.2, 0) is 13.1 Å². The van der Waals surface area contributed by atoms with E-state index in [9.17, 15) is 4.79 Å². The molecule has 144 valence electrons. The van der Waals surface area contributed by atoms with Gasteiger partial charge < -0.3 is 25.8 Å². The van der Waals surface area contributed by atoms with Crippen molar-refractivity contribution < 1.29 is 14.3 Å². The Morgan fingerprint density at radius 1 is 1.04 bits per heavy atom. The number of nitrogens with zero attached hydrogens (tertiary/aromatic N) is 1. The van der Waals surface area contributed by atoms with Crippen molar-refractivity contribution in [1.29, 1.82) is 0 Å².